The van der Waals surface area contributed by atoms with E-state index in [-0.39, 0.29) is 5.91 Å². The highest BCUT2D eigenvalue weighted by atomic mass is 127. The first-order valence-corrected chi connectivity index (χ1v) is 7.85. The minimum Gasteiger partial charge on any atom is -0.481 e. The van der Waals surface area contributed by atoms with Crippen molar-refractivity contribution in [2.24, 2.45) is 11.8 Å². The van der Waals surface area contributed by atoms with Crippen LogP contribution < -0.4 is 5.32 Å². The van der Waals surface area contributed by atoms with Crippen molar-refractivity contribution < 1.29 is 14.7 Å². The molecule has 2 atom stereocenters. The van der Waals surface area contributed by atoms with Gasteiger partial charge in [0.05, 0.1) is 17.5 Å². The van der Waals surface area contributed by atoms with Gasteiger partial charge in [-0.3, -0.25) is 9.59 Å². The number of carbonyl (C=O) groups excluding carboxylic acids is 1. The molecule has 2 N–H and O–H groups in total. The number of anilines is 1. The van der Waals surface area contributed by atoms with Crippen LogP contribution in [0.15, 0.2) is 22.7 Å². The summed E-state index contributed by atoms with van der Waals surface area (Å²) in [5.41, 5.74) is 0.682. The highest BCUT2D eigenvalue weighted by Crippen LogP contribution is 2.33. The van der Waals surface area contributed by atoms with Crippen LogP contribution in [0.25, 0.3) is 0 Å². The predicted octanol–water partition coefficient (Wildman–Crippen LogP) is 3.49. The summed E-state index contributed by atoms with van der Waals surface area (Å²) in [4.78, 5) is 23.3. The Kier molecular flexibility index (Phi) is 4.83. The molecule has 19 heavy (non-hydrogen) atoms. The summed E-state index contributed by atoms with van der Waals surface area (Å²) >= 11 is 5.58. The first-order valence-electron chi connectivity index (χ1n) is 5.98. The third kappa shape index (κ3) is 3.47. The lowest BCUT2D eigenvalue weighted by atomic mass is 9.95. The van der Waals surface area contributed by atoms with Crippen molar-refractivity contribution in [2.75, 3.05) is 5.32 Å². The average Bonchev–Trinajstić information content (AvgIpc) is 2.82. The molecule has 1 saturated carbocycles. The Balaban J connectivity index is 2.10. The summed E-state index contributed by atoms with van der Waals surface area (Å²) in [6.07, 6.45) is 2.02. The minimum absolute atomic E-state index is 0.202. The number of halogens is 2. The topological polar surface area (TPSA) is 66.4 Å². The Hall–Kier alpha value is -0.630. The highest BCUT2D eigenvalue weighted by Gasteiger charge is 2.37. The van der Waals surface area contributed by atoms with Crippen LogP contribution in [0.5, 0.6) is 0 Å². The van der Waals surface area contributed by atoms with Gasteiger partial charge in [-0.25, -0.2) is 0 Å². The number of benzene rings is 1. The number of hydrogen-bond acceptors (Lipinski definition) is 2. The van der Waals surface area contributed by atoms with Crippen molar-refractivity contribution in [3.63, 3.8) is 0 Å². The Morgan fingerprint density at radius 1 is 1.32 bits per heavy atom. The number of carboxylic acid groups (broad SMARTS) is 1. The van der Waals surface area contributed by atoms with E-state index < -0.39 is 17.8 Å². The van der Waals surface area contributed by atoms with Gasteiger partial charge in [-0.05, 0) is 69.6 Å². The zero-order chi connectivity index (χ0) is 14.0. The van der Waals surface area contributed by atoms with Crippen molar-refractivity contribution in [1.82, 2.24) is 0 Å². The third-order valence-electron chi connectivity index (χ3n) is 3.36. The van der Waals surface area contributed by atoms with Crippen LogP contribution in [0.2, 0.25) is 0 Å². The van der Waals surface area contributed by atoms with E-state index in [1.807, 2.05) is 18.2 Å². The maximum absolute atomic E-state index is 12.2. The van der Waals surface area contributed by atoms with Gasteiger partial charge < -0.3 is 10.4 Å². The van der Waals surface area contributed by atoms with E-state index in [9.17, 15) is 9.59 Å². The molecule has 0 bridgehead atoms. The van der Waals surface area contributed by atoms with Gasteiger partial charge in [0.15, 0.2) is 0 Å². The van der Waals surface area contributed by atoms with Gasteiger partial charge in [0.1, 0.15) is 0 Å². The van der Waals surface area contributed by atoms with E-state index in [4.69, 9.17) is 5.11 Å². The molecular weight excluding hydrogens is 425 g/mol. The minimum atomic E-state index is -0.876. The van der Waals surface area contributed by atoms with Gasteiger partial charge in [-0.1, -0.05) is 6.42 Å². The van der Waals surface area contributed by atoms with Crippen LogP contribution in [0.4, 0.5) is 5.69 Å². The van der Waals surface area contributed by atoms with Gasteiger partial charge in [0.25, 0.3) is 0 Å². The van der Waals surface area contributed by atoms with Crippen LogP contribution in [0, 0.1) is 15.4 Å². The van der Waals surface area contributed by atoms with E-state index in [0.29, 0.717) is 18.5 Å². The molecule has 4 nitrogen and oxygen atoms in total. The molecule has 1 aromatic rings. The second-order valence-corrected chi connectivity index (χ2v) is 6.70. The largest absolute Gasteiger partial charge is 0.481 e. The lowest BCUT2D eigenvalue weighted by molar-refractivity contribution is -0.145. The number of nitrogens with one attached hydrogen (secondary N) is 1. The zero-order valence-corrected chi connectivity index (χ0v) is 13.8. The van der Waals surface area contributed by atoms with Crippen molar-refractivity contribution in [3.8, 4) is 0 Å². The summed E-state index contributed by atoms with van der Waals surface area (Å²) in [7, 11) is 0. The summed E-state index contributed by atoms with van der Waals surface area (Å²) in [6, 6.07) is 5.61. The molecule has 2 unspecified atom stereocenters. The molecule has 0 heterocycles. The third-order valence-corrected chi connectivity index (χ3v) is 4.69. The van der Waals surface area contributed by atoms with E-state index in [2.05, 4.69) is 43.8 Å². The Morgan fingerprint density at radius 2 is 2.00 bits per heavy atom. The van der Waals surface area contributed by atoms with Crippen molar-refractivity contribution >= 4 is 56.1 Å². The quantitative estimate of drug-likeness (QED) is 0.711. The van der Waals surface area contributed by atoms with Crippen LogP contribution >= 0.6 is 38.5 Å². The first kappa shape index (κ1) is 14.8. The van der Waals surface area contributed by atoms with E-state index >= 15 is 0 Å². The fourth-order valence-electron chi connectivity index (χ4n) is 2.39. The SMILES string of the molecule is O=C(O)C1CCCC1C(=O)Nc1ccc(I)cc1Br. The maximum atomic E-state index is 12.2. The monoisotopic (exact) mass is 437 g/mol. The number of carboxylic acids is 1. The Morgan fingerprint density at radius 3 is 2.63 bits per heavy atom. The van der Waals surface area contributed by atoms with Crippen LogP contribution in [-0.2, 0) is 9.59 Å². The molecule has 1 amide bonds. The second-order valence-electron chi connectivity index (χ2n) is 4.60. The first-order chi connectivity index (χ1) is 8.99. The molecule has 102 valence electrons. The molecule has 2 rings (SSSR count). The van der Waals surface area contributed by atoms with Crippen molar-refractivity contribution in [3.05, 3.63) is 26.2 Å². The van der Waals surface area contributed by atoms with Crippen LogP contribution in [-0.4, -0.2) is 17.0 Å². The molecular formula is C13H13BrINO3. The Bertz CT molecular complexity index is 521. The Labute approximate surface area is 133 Å². The number of carbonyl (C=O) groups is 2. The number of hydrogen-bond donors (Lipinski definition) is 2. The van der Waals surface area contributed by atoms with Gasteiger partial charge >= 0.3 is 5.97 Å². The standard InChI is InChI=1S/C13H13BrINO3/c14-10-6-7(15)4-5-11(10)16-12(17)8-2-1-3-9(8)13(18)19/h4-6,8-9H,1-3H2,(H,16,17)(H,18,19). The summed E-state index contributed by atoms with van der Waals surface area (Å²) in [6.45, 7) is 0. The lowest BCUT2D eigenvalue weighted by Gasteiger charge is -2.16. The van der Waals surface area contributed by atoms with Crippen molar-refractivity contribution in [1.29, 1.82) is 0 Å². The van der Waals surface area contributed by atoms with Gasteiger partial charge in [-0.2, -0.15) is 0 Å². The molecule has 0 spiro atoms. The normalized spacial score (nSPS) is 22.2. The molecule has 1 aliphatic carbocycles. The van der Waals surface area contributed by atoms with E-state index in [0.717, 1.165) is 14.5 Å². The average molecular weight is 438 g/mol. The molecule has 6 heteroatoms. The summed E-state index contributed by atoms with van der Waals surface area (Å²) in [5.74, 6) is -2.06. The van der Waals surface area contributed by atoms with Crippen LogP contribution in [0.3, 0.4) is 0 Å². The van der Waals surface area contributed by atoms with Gasteiger partial charge in [0, 0.05) is 8.04 Å². The maximum Gasteiger partial charge on any atom is 0.307 e. The molecule has 0 radical (unpaired) electrons. The fourth-order valence-corrected chi connectivity index (χ4v) is 3.78. The zero-order valence-electron chi connectivity index (χ0n) is 10.0. The molecule has 1 fully saturated rings. The smallest absolute Gasteiger partial charge is 0.307 e. The van der Waals surface area contributed by atoms with E-state index in [1.165, 1.54) is 0 Å². The second kappa shape index (κ2) is 6.21. The summed E-state index contributed by atoms with van der Waals surface area (Å²) < 4.78 is 1.87. The van der Waals surface area contributed by atoms with Gasteiger partial charge in [0.2, 0.25) is 5.91 Å². The van der Waals surface area contributed by atoms with Gasteiger partial charge in [-0.15, -0.1) is 0 Å². The van der Waals surface area contributed by atoms with Crippen molar-refractivity contribution in [2.45, 2.75) is 19.3 Å². The number of rotatable bonds is 3. The number of amides is 1. The molecule has 0 saturated heterocycles. The predicted molar refractivity (Wildman–Crippen MR) is 84.0 cm³/mol. The molecule has 0 aromatic heterocycles. The van der Waals surface area contributed by atoms with E-state index in [1.54, 1.807) is 0 Å². The van der Waals surface area contributed by atoms with Crippen LogP contribution in [0.1, 0.15) is 19.3 Å². The summed E-state index contributed by atoms with van der Waals surface area (Å²) in [5, 5.41) is 11.9. The molecule has 0 aliphatic heterocycles. The number of aliphatic carboxylic acids is 1. The molecule has 1 aromatic carbocycles. The lowest BCUT2D eigenvalue weighted by Crippen LogP contribution is -2.30. The molecule has 1 aliphatic rings. The fraction of sp³-hybridized carbons (Fsp3) is 0.385. The highest BCUT2D eigenvalue weighted by molar-refractivity contribution is 14.1.